The molecule has 0 unspecified atom stereocenters. The zero-order valence-electron chi connectivity index (χ0n) is 14.9. The minimum absolute atomic E-state index is 0.855. The zero-order chi connectivity index (χ0) is 17.3. The van der Waals surface area contributed by atoms with Crippen molar-refractivity contribution < 1.29 is 4.52 Å². The number of piperazine rings is 1. The Morgan fingerprint density at radius 1 is 1.16 bits per heavy atom. The number of aliphatic imine (C=N–C) groups is 1. The Kier molecular flexibility index (Phi) is 6.45. The number of aryl methyl sites for hydroxylation is 1. The van der Waals surface area contributed by atoms with Gasteiger partial charge in [-0.2, -0.15) is 0 Å². The molecule has 1 fully saturated rings. The lowest BCUT2D eigenvalue weighted by Gasteiger charge is -2.36. The molecule has 1 aliphatic heterocycles. The van der Waals surface area contributed by atoms with Gasteiger partial charge in [-0.3, -0.25) is 9.89 Å². The van der Waals surface area contributed by atoms with Gasteiger partial charge in [-0.1, -0.05) is 35.5 Å². The first-order chi connectivity index (χ1) is 12.3. The third kappa shape index (κ3) is 5.32. The molecule has 6 heteroatoms. The fourth-order valence-corrected chi connectivity index (χ4v) is 3.14. The first-order valence-electron chi connectivity index (χ1n) is 8.96. The highest BCUT2D eigenvalue weighted by Crippen LogP contribution is 2.07. The third-order valence-electron chi connectivity index (χ3n) is 4.53. The number of aromatic nitrogens is 1. The molecule has 1 aliphatic rings. The zero-order valence-corrected chi connectivity index (χ0v) is 14.9. The van der Waals surface area contributed by atoms with Gasteiger partial charge in [0.05, 0.1) is 5.69 Å². The lowest BCUT2D eigenvalue weighted by molar-refractivity contribution is 0.169. The van der Waals surface area contributed by atoms with Crippen molar-refractivity contribution in [3.63, 3.8) is 0 Å². The molecule has 2 aromatic rings. The van der Waals surface area contributed by atoms with Crippen LogP contribution < -0.4 is 5.32 Å². The van der Waals surface area contributed by atoms with E-state index < -0.39 is 0 Å². The van der Waals surface area contributed by atoms with E-state index >= 15 is 0 Å². The van der Waals surface area contributed by atoms with Crippen molar-refractivity contribution in [1.82, 2.24) is 20.3 Å². The van der Waals surface area contributed by atoms with Crippen molar-refractivity contribution in [2.75, 3.05) is 39.8 Å². The highest BCUT2D eigenvalue weighted by atomic mass is 16.5. The van der Waals surface area contributed by atoms with Gasteiger partial charge in [-0.25, -0.2) is 0 Å². The fourth-order valence-electron chi connectivity index (χ4n) is 3.14. The van der Waals surface area contributed by atoms with Crippen molar-refractivity contribution in [1.29, 1.82) is 0 Å². The van der Waals surface area contributed by atoms with Gasteiger partial charge in [0.1, 0.15) is 6.26 Å². The molecule has 0 bridgehead atoms. The molecule has 6 nitrogen and oxygen atoms in total. The lowest BCUT2D eigenvalue weighted by Crippen LogP contribution is -2.52. The van der Waals surface area contributed by atoms with Crippen molar-refractivity contribution in [2.45, 2.75) is 19.4 Å². The maximum atomic E-state index is 4.90. The topological polar surface area (TPSA) is 56.9 Å². The molecule has 3 rings (SSSR count). The van der Waals surface area contributed by atoms with E-state index in [0.717, 1.165) is 63.8 Å². The van der Waals surface area contributed by atoms with E-state index in [1.807, 2.05) is 13.1 Å². The van der Waals surface area contributed by atoms with E-state index in [-0.39, 0.29) is 0 Å². The molecule has 1 aromatic heterocycles. The Morgan fingerprint density at radius 3 is 2.64 bits per heavy atom. The largest absolute Gasteiger partial charge is 0.364 e. The summed E-state index contributed by atoms with van der Waals surface area (Å²) in [5.74, 6) is 1.01. The van der Waals surface area contributed by atoms with Crippen LogP contribution in [0.1, 0.15) is 17.7 Å². The highest BCUT2D eigenvalue weighted by molar-refractivity contribution is 5.79. The summed E-state index contributed by atoms with van der Waals surface area (Å²) < 4.78 is 4.90. The predicted molar refractivity (Wildman–Crippen MR) is 99.5 cm³/mol. The average Bonchev–Trinajstić information content (AvgIpc) is 3.17. The lowest BCUT2D eigenvalue weighted by atomic mass is 10.1. The molecular weight excluding hydrogens is 314 g/mol. The maximum absolute atomic E-state index is 4.90. The van der Waals surface area contributed by atoms with Crippen LogP contribution in [0.4, 0.5) is 0 Å². The molecular formula is C19H27N5O. The normalized spacial score (nSPS) is 16.2. The standard InChI is InChI=1S/C19H27N5O/c1-20-19(21-10-5-8-17-6-3-2-4-7-17)24-13-11-23(12-14-24)16-18-9-15-25-22-18/h2-4,6-7,9,15H,5,8,10-14,16H2,1H3,(H,20,21). The Bertz CT molecular complexity index is 633. The minimum atomic E-state index is 0.855. The maximum Gasteiger partial charge on any atom is 0.193 e. The fraction of sp³-hybridized carbons (Fsp3) is 0.474. The average molecular weight is 341 g/mol. The Hall–Kier alpha value is -2.34. The molecule has 0 amide bonds. The smallest absolute Gasteiger partial charge is 0.193 e. The number of hydrogen-bond donors (Lipinski definition) is 1. The molecule has 0 aliphatic carbocycles. The SMILES string of the molecule is CN=C(NCCCc1ccccc1)N1CCN(Cc2ccon2)CC1. The molecule has 1 N–H and O–H groups in total. The Balaban J connectivity index is 1.37. The van der Waals surface area contributed by atoms with Crippen LogP contribution in [-0.2, 0) is 13.0 Å². The number of guanidine groups is 1. The third-order valence-corrected chi connectivity index (χ3v) is 4.53. The first-order valence-corrected chi connectivity index (χ1v) is 8.96. The van der Waals surface area contributed by atoms with Crippen LogP contribution in [0.5, 0.6) is 0 Å². The monoisotopic (exact) mass is 341 g/mol. The molecule has 0 radical (unpaired) electrons. The number of hydrogen-bond acceptors (Lipinski definition) is 4. The van der Waals surface area contributed by atoms with E-state index in [9.17, 15) is 0 Å². The van der Waals surface area contributed by atoms with E-state index in [0.29, 0.717) is 0 Å². The van der Waals surface area contributed by atoms with E-state index in [1.165, 1.54) is 5.56 Å². The van der Waals surface area contributed by atoms with E-state index in [2.05, 4.69) is 55.6 Å². The van der Waals surface area contributed by atoms with Crippen LogP contribution in [0.15, 0.2) is 52.2 Å². The molecule has 0 saturated carbocycles. The van der Waals surface area contributed by atoms with Crippen LogP contribution >= 0.6 is 0 Å². The van der Waals surface area contributed by atoms with Gasteiger partial charge < -0.3 is 14.7 Å². The highest BCUT2D eigenvalue weighted by Gasteiger charge is 2.20. The van der Waals surface area contributed by atoms with Gasteiger partial charge in [-0.05, 0) is 18.4 Å². The van der Waals surface area contributed by atoms with E-state index in [4.69, 9.17) is 4.52 Å². The number of benzene rings is 1. The van der Waals surface area contributed by atoms with Gasteiger partial charge in [0.25, 0.3) is 0 Å². The molecule has 1 aromatic carbocycles. The second kappa shape index (κ2) is 9.22. The minimum Gasteiger partial charge on any atom is -0.364 e. The summed E-state index contributed by atoms with van der Waals surface area (Å²) in [4.78, 5) is 9.18. The van der Waals surface area contributed by atoms with Crippen LogP contribution in [0.3, 0.4) is 0 Å². The van der Waals surface area contributed by atoms with Crippen molar-refractivity contribution in [2.24, 2.45) is 4.99 Å². The molecule has 2 heterocycles. The van der Waals surface area contributed by atoms with Crippen molar-refractivity contribution in [3.05, 3.63) is 53.9 Å². The van der Waals surface area contributed by atoms with Crippen molar-refractivity contribution >= 4 is 5.96 Å². The second-order valence-corrected chi connectivity index (χ2v) is 6.32. The molecule has 25 heavy (non-hydrogen) atoms. The second-order valence-electron chi connectivity index (χ2n) is 6.32. The van der Waals surface area contributed by atoms with Crippen molar-refractivity contribution in [3.8, 4) is 0 Å². The van der Waals surface area contributed by atoms with Gasteiger partial charge in [-0.15, -0.1) is 0 Å². The van der Waals surface area contributed by atoms with E-state index in [1.54, 1.807) is 6.26 Å². The quantitative estimate of drug-likeness (QED) is 0.495. The summed E-state index contributed by atoms with van der Waals surface area (Å²) in [6.45, 7) is 5.79. The summed E-state index contributed by atoms with van der Waals surface area (Å²) in [6.07, 6.45) is 3.83. The van der Waals surface area contributed by atoms with Gasteiger partial charge >= 0.3 is 0 Å². The molecule has 0 atom stereocenters. The summed E-state index contributed by atoms with van der Waals surface area (Å²) in [7, 11) is 1.86. The van der Waals surface area contributed by atoms with Crippen LogP contribution in [0, 0.1) is 0 Å². The molecule has 1 saturated heterocycles. The molecule has 0 spiro atoms. The molecule has 134 valence electrons. The first kappa shape index (κ1) is 17.5. The Morgan fingerprint density at radius 2 is 1.96 bits per heavy atom. The summed E-state index contributed by atoms with van der Waals surface area (Å²) in [6, 6.07) is 12.6. The van der Waals surface area contributed by atoms with Crippen LogP contribution in [0.2, 0.25) is 0 Å². The summed E-state index contributed by atoms with van der Waals surface area (Å²) >= 11 is 0. The van der Waals surface area contributed by atoms with Gasteiger partial charge in [0.15, 0.2) is 5.96 Å². The van der Waals surface area contributed by atoms with Gasteiger partial charge in [0.2, 0.25) is 0 Å². The summed E-state index contributed by atoms with van der Waals surface area (Å²) in [5, 5.41) is 7.49. The number of nitrogens with one attached hydrogen (secondary N) is 1. The predicted octanol–water partition coefficient (Wildman–Crippen LogP) is 2.00. The number of nitrogens with zero attached hydrogens (tertiary/aromatic N) is 4. The summed E-state index contributed by atoms with van der Waals surface area (Å²) in [5.41, 5.74) is 2.39. The Labute approximate surface area is 149 Å². The number of rotatable bonds is 6. The van der Waals surface area contributed by atoms with Crippen LogP contribution in [-0.4, -0.2) is 60.7 Å². The van der Waals surface area contributed by atoms with Gasteiger partial charge in [0, 0.05) is 52.4 Å². The van der Waals surface area contributed by atoms with Crippen LogP contribution in [0.25, 0.3) is 0 Å².